The number of hydrogen-bond donors (Lipinski definition) is 4. The summed E-state index contributed by atoms with van der Waals surface area (Å²) in [4.78, 5) is 54.6. The van der Waals surface area contributed by atoms with E-state index in [9.17, 15) is 28.0 Å². The van der Waals surface area contributed by atoms with Gasteiger partial charge < -0.3 is 26.6 Å². The molecule has 0 bridgehead atoms. The Morgan fingerprint density at radius 3 is 2.63 bits per heavy atom. The van der Waals surface area contributed by atoms with E-state index >= 15 is 0 Å². The van der Waals surface area contributed by atoms with Gasteiger partial charge in [0.2, 0.25) is 17.7 Å². The lowest BCUT2D eigenvalue weighted by Crippen LogP contribution is -2.43. The summed E-state index contributed by atoms with van der Waals surface area (Å²) in [6.45, 7) is -0.412. The van der Waals surface area contributed by atoms with Crippen molar-refractivity contribution in [3.63, 3.8) is 0 Å². The fourth-order valence-corrected chi connectivity index (χ4v) is 4.05. The van der Waals surface area contributed by atoms with Crippen LogP contribution in [0.4, 0.5) is 14.5 Å². The predicted octanol–water partition coefficient (Wildman–Crippen LogP) is 1.30. The number of nitrogens with zero attached hydrogens (tertiary/aromatic N) is 3. The van der Waals surface area contributed by atoms with Gasteiger partial charge in [-0.15, -0.1) is 0 Å². The first-order valence-corrected chi connectivity index (χ1v) is 12.1. The molecule has 2 aromatic rings. The number of anilines is 1. The number of rotatable bonds is 11. The third-order valence-electron chi connectivity index (χ3n) is 5.96. The molecule has 11 nitrogen and oxygen atoms in total. The molecule has 1 aliphatic heterocycles. The number of nitrogens with two attached hydrogens (primary N) is 1. The van der Waals surface area contributed by atoms with Gasteiger partial charge in [-0.2, -0.15) is 5.26 Å². The Morgan fingerprint density at radius 2 is 1.89 bits per heavy atom. The first-order valence-electron chi connectivity index (χ1n) is 12.1. The van der Waals surface area contributed by atoms with Crippen molar-refractivity contribution >= 4 is 40.2 Å². The second kappa shape index (κ2) is 12.9. The second-order valence-electron chi connectivity index (χ2n) is 8.86. The molecule has 38 heavy (non-hydrogen) atoms. The molecule has 0 aliphatic carbocycles. The maximum absolute atomic E-state index is 13.6. The molecule has 13 heteroatoms. The molecule has 0 radical (unpaired) electrons. The van der Waals surface area contributed by atoms with Gasteiger partial charge in [0.05, 0.1) is 35.9 Å². The van der Waals surface area contributed by atoms with Crippen LogP contribution in [0.25, 0.3) is 10.9 Å². The summed E-state index contributed by atoms with van der Waals surface area (Å²) in [5, 5.41) is 17.3. The number of halogens is 2. The van der Waals surface area contributed by atoms with Gasteiger partial charge in [0, 0.05) is 37.4 Å². The molecule has 1 aromatic heterocycles. The number of benzene rings is 1. The minimum absolute atomic E-state index is 0.00391. The van der Waals surface area contributed by atoms with E-state index in [1.165, 1.54) is 12.3 Å². The highest BCUT2D eigenvalue weighted by Crippen LogP contribution is 2.31. The fourth-order valence-electron chi connectivity index (χ4n) is 4.05. The molecule has 1 saturated heterocycles. The molecule has 4 amide bonds. The smallest absolute Gasteiger partial charge is 0.268 e. The molecule has 0 unspecified atom stereocenters. The summed E-state index contributed by atoms with van der Waals surface area (Å²) < 4.78 is 27.3. The van der Waals surface area contributed by atoms with E-state index in [0.717, 1.165) is 17.7 Å². The van der Waals surface area contributed by atoms with Crippen LogP contribution < -0.4 is 21.7 Å². The SMILES string of the molecule is N#C[C@@H]1CC(F)(F)CN1C(=O)CNC(=O)c1ccnc2c(NC(=O)CCC(=O)NCCCCN)cccc12. The van der Waals surface area contributed by atoms with Crippen molar-refractivity contribution in [2.45, 2.75) is 44.1 Å². The van der Waals surface area contributed by atoms with E-state index in [1.54, 1.807) is 24.3 Å². The summed E-state index contributed by atoms with van der Waals surface area (Å²) >= 11 is 0. The van der Waals surface area contributed by atoms with Gasteiger partial charge in [0.15, 0.2) is 0 Å². The number of nitriles is 1. The number of aromatic nitrogens is 1. The summed E-state index contributed by atoms with van der Waals surface area (Å²) in [6.07, 6.45) is 2.12. The van der Waals surface area contributed by atoms with Crippen LogP contribution in [0.5, 0.6) is 0 Å². The molecule has 0 spiro atoms. The molecule has 1 atom stereocenters. The molecular formula is C25H29F2N7O4. The molecule has 0 saturated carbocycles. The van der Waals surface area contributed by atoms with Crippen LogP contribution in [-0.4, -0.2) is 71.7 Å². The van der Waals surface area contributed by atoms with Crippen LogP contribution in [0.3, 0.4) is 0 Å². The predicted molar refractivity (Wildman–Crippen MR) is 134 cm³/mol. The summed E-state index contributed by atoms with van der Waals surface area (Å²) in [5.41, 5.74) is 6.21. The van der Waals surface area contributed by atoms with Gasteiger partial charge in [0.25, 0.3) is 11.8 Å². The van der Waals surface area contributed by atoms with Gasteiger partial charge in [-0.1, -0.05) is 12.1 Å². The number of hydrogen-bond acceptors (Lipinski definition) is 7. The lowest BCUT2D eigenvalue weighted by Gasteiger charge is -2.19. The summed E-state index contributed by atoms with van der Waals surface area (Å²) in [6, 6.07) is 6.66. The monoisotopic (exact) mass is 529 g/mol. The third kappa shape index (κ3) is 7.42. The topological polar surface area (TPSA) is 170 Å². The van der Waals surface area contributed by atoms with Crippen LogP contribution in [0.1, 0.15) is 42.5 Å². The number of alkyl halides is 2. The molecular weight excluding hydrogens is 500 g/mol. The number of carbonyl (C=O) groups is 4. The van der Waals surface area contributed by atoms with Crippen molar-refractivity contribution in [2.75, 3.05) is 31.5 Å². The van der Waals surface area contributed by atoms with Crippen LogP contribution in [0.15, 0.2) is 30.5 Å². The molecule has 2 heterocycles. The number of fused-ring (bicyclic) bond motifs is 1. The van der Waals surface area contributed by atoms with E-state index in [4.69, 9.17) is 11.0 Å². The number of nitrogens with one attached hydrogen (secondary N) is 3. The number of likely N-dealkylation sites (tertiary alicyclic amines) is 1. The van der Waals surface area contributed by atoms with Crippen LogP contribution in [-0.2, 0) is 14.4 Å². The van der Waals surface area contributed by atoms with Crippen molar-refractivity contribution in [2.24, 2.45) is 5.73 Å². The zero-order valence-electron chi connectivity index (χ0n) is 20.6. The van der Waals surface area contributed by atoms with E-state index in [-0.39, 0.29) is 24.3 Å². The molecule has 3 rings (SSSR count). The first-order chi connectivity index (χ1) is 18.1. The number of unbranched alkanes of at least 4 members (excludes halogenated alkanes) is 1. The zero-order valence-corrected chi connectivity index (χ0v) is 20.6. The minimum atomic E-state index is -3.16. The standard InChI is InChI=1S/C25H29F2N7O4/c26-25(27)12-16(13-29)34(15-25)22(37)14-32-24(38)18-8-11-31-23-17(18)4-3-5-19(23)33-21(36)7-6-20(35)30-10-2-1-9-28/h3-5,8,11,16H,1-2,6-7,9-10,12,14-15,28H2,(H,30,35)(H,32,38)(H,33,36)/t16-/m0/s1. The number of para-hydroxylation sites is 1. The molecule has 1 aromatic carbocycles. The Balaban J connectivity index is 1.61. The highest BCUT2D eigenvalue weighted by molar-refractivity contribution is 6.10. The van der Waals surface area contributed by atoms with E-state index in [1.807, 2.05) is 0 Å². The Labute approximate surface area is 217 Å². The second-order valence-corrected chi connectivity index (χ2v) is 8.86. The first kappa shape index (κ1) is 28.4. The lowest BCUT2D eigenvalue weighted by molar-refractivity contribution is -0.131. The number of amides is 4. The average Bonchev–Trinajstić information content (AvgIpc) is 3.22. The lowest BCUT2D eigenvalue weighted by atomic mass is 10.1. The fraction of sp³-hybridized carbons (Fsp3) is 0.440. The van der Waals surface area contributed by atoms with Crippen molar-refractivity contribution in [3.05, 3.63) is 36.0 Å². The van der Waals surface area contributed by atoms with Gasteiger partial charge in [0.1, 0.15) is 6.04 Å². The quantitative estimate of drug-likeness (QED) is 0.318. The Kier molecular flexibility index (Phi) is 9.61. The van der Waals surface area contributed by atoms with Crippen LogP contribution in [0, 0.1) is 11.3 Å². The Bertz CT molecular complexity index is 1250. The molecule has 1 fully saturated rings. The van der Waals surface area contributed by atoms with Crippen molar-refractivity contribution in [1.82, 2.24) is 20.5 Å². The van der Waals surface area contributed by atoms with Gasteiger partial charge in [-0.3, -0.25) is 24.2 Å². The number of carbonyl (C=O) groups excluding carboxylic acids is 4. The van der Waals surface area contributed by atoms with E-state index in [0.29, 0.717) is 29.7 Å². The van der Waals surface area contributed by atoms with Crippen molar-refractivity contribution in [1.29, 1.82) is 5.26 Å². The average molecular weight is 530 g/mol. The minimum Gasteiger partial charge on any atom is -0.356 e. The van der Waals surface area contributed by atoms with Crippen LogP contribution in [0.2, 0.25) is 0 Å². The van der Waals surface area contributed by atoms with Gasteiger partial charge in [-0.05, 0) is 31.5 Å². The van der Waals surface area contributed by atoms with Gasteiger partial charge >= 0.3 is 0 Å². The highest BCUT2D eigenvalue weighted by Gasteiger charge is 2.47. The molecule has 1 aliphatic rings. The van der Waals surface area contributed by atoms with E-state index in [2.05, 4.69) is 20.9 Å². The Morgan fingerprint density at radius 1 is 1.13 bits per heavy atom. The Hall–Kier alpha value is -4.18. The molecule has 202 valence electrons. The number of pyridine rings is 1. The van der Waals surface area contributed by atoms with Crippen LogP contribution >= 0.6 is 0 Å². The van der Waals surface area contributed by atoms with E-state index < -0.39 is 49.2 Å². The zero-order chi connectivity index (χ0) is 27.7. The maximum atomic E-state index is 13.6. The normalized spacial score (nSPS) is 16.1. The summed E-state index contributed by atoms with van der Waals surface area (Å²) in [5.74, 6) is -5.26. The van der Waals surface area contributed by atoms with Crippen molar-refractivity contribution < 1.29 is 28.0 Å². The summed E-state index contributed by atoms with van der Waals surface area (Å²) in [7, 11) is 0. The van der Waals surface area contributed by atoms with Gasteiger partial charge in [-0.25, -0.2) is 8.78 Å². The highest BCUT2D eigenvalue weighted by atomic mass is 19.3. The third-order valence-corrected chi connectivity index (χ3v) is 5.96. The maximum Gasteiger partial charge on any atom is 0.268 e. The largest absolute Gasteiger partial charge is 0.356 e. The van der Waals surface area contributed by atoms with Crippen molar-refractivity contribution in [3.8, 4) is 6.07 Å². The molecule has 5 N–H and O–H groups in total.